The minimum Gasteiger partial charge on any atom is -0.316 e. The van der Waals surface area contributed by atoms with E-state index in [1.807, 2.05) is 0 Å². The SMILES string of the molecule is CC[C@H]1CNCC[C@H]1CCBr. The van der Waals surface area contributed by atoms with Crippen LogP contribution >= 0.6 is 15.9 Å². The Morgan fingerprint density at radius 2 is 2.27 bits per heavy atom. The summed E-state index contributed by atoms with van der Waals surface area (Å²) in [5, 5.41) is 4.63. The number of nitrogens with one attached hydrogen (secondary N) is 1. The van der Waals surface area contributed by atoms with Crippen LogP contribution in [-0.2, 0) is 0 Å². The van der Waals surface area contributed by atoms with E-state index in [2.05, 4.69) is 28.2 Å². The first-order valence-corrected chi connectivity index (χ1v) is 5.77. The van der Waals surface area contributed by atoms with Gasteiger partial charge in [-0.1, -0.05) is 29.3 Å². The molecule has 1 heterocycles. The first kappa shape index (κ1) is 9.53. The molecule has 1 rings (SSSR count). The van der Waals surface area contributed by atoms with Gasteiger partial charge in [0.2, 0.25) is 0 Å². The lowest BCUT2D eigenvalue weighted by Crippen LogP contribution is -2.36. The van der Waals surface area contributed by atoms with Crippen LogP contribution in [0.5, 0.6) is 0 Å². The van der Waals surface area contributed by atoms with E-state index >= 15 is 0 Å². The third kappa shape index (κ3) is 2.75. The maximum absolute atomic E-state index is 3.52. The summed E-state index contributed by atoms with van der Waals surface area (Å²) in [7, 11) is 0. The Hall–Kier alpha value is 0.440. The molecule has 1 fully saturated rings. The first-order chi connectivity index (χ1) is 5.38. The van der Waals surface area contributed by atoms with Crippen molar-refractivity contribution in [3.63, 3.8) is 0 Å². The Labute approximate surface area is 78.1 Å². The molecule has 2 heteroatoms. The lowest BCUT2D eigenvalue weighted by atomic mass is 9.83. The second-order valence-electron chi connectivity index (χ2n) is 3.40. The Morgan fingerprint density at radius 1 is 1.45 bits per heavy atom. The van der Waals surface area contributed by atoms with Crippen molar-refractivity contribution in [2.75, 3.05) is 18.4 Å². The van der Waals surface area contributed by atoms with Crippen LogP contribution in [0.15, 0.2) is 0 Å². The monoisotopic (exact) mass is 219 g/mol. The molecule has 2 atom stereocenters. The van der Waals surface area contributed by atoms with Gasteiger partial charge in [-0.05, 0) is 37.8 Å². The summed E-state index contributed by atoms with van der Waals surface area (Å²) in [6.07, 6.45) is 4.08. The van der Waals surface area contributed by atoms with Gasteiger partial charge in [0.1, 0.15) is 0 Å². The van der Waals surface area contributed by atoms with Gasteiger partial charge in [-0.25, -0.2) is 0 Å². The molecule has 0 saturated carbocycles. The summed E-state index contributed by atoms with van der Waals surface area (Å²) in [6, 6.07) is 0. The lowest BCUT2D eigenvalue weighted by Gasteiger charge is -2.31. The van der Waals surface area contributed by atoms with E-state index in [1.54, 1.807) is 0 Å². The van der Waals surface area contributed by atoms with Gasteiger partial charge in [0.25, 0.3) is 0 Å². The van der Waals surface area contributed by atoms with Crippen molar-refractivity contribution in [1.82, 2.24) is 5.32 Å². The van der Waals surface area contributed by atoms with E-state index in [1.165, 1.54) is 37.7 Å². The summed E-state index contributed by atoms with van der Waals surface area (Å²) in [5.41, 5.74) is 0. The van der Waals surface area contributed by atoms with Gasteiger partial charge in [0.05, 0.1) is 0 Å². The van der Waals surface area contributed by atoms with E-state index in [-0.39, 0.29) is 0 Å². The maximum Gasteiger partial charge on any atom is 0.00340 e. The van der Waals surface area contributed by atoms with Crippen LogP contribution in [0.25, 0.3) is 0 Å². The van der Waals surface area contributed by atoms with Gasteiger partial charge in [-0.15, -0.1) is 0 Å². The average Bonchev–Trinajstić information content (AvgIpc) is 2.06. The smallest absolute Gasteiger partial charge is 0.00340 e. The molecule has 11 heavy (non-hydrogen) atoms. The molecule has 0 unspecified atom stereocenters. The maximum atomic E-state index is 3.52. The largest absolute Gasteiger partial charge is 0.316 e. The third-order valence-corrected chi connectivity index (χ3v) is 3.23. The highest BCUT2D eigenvalue weighted by atomic mass is 79.9. The minimum absolute atomic E-state index is 0.932. The van der Waals surface area contributed by atoms with Crippen molar-refractivity contribution in [1.29, 1.82) is 0 Å². The fraction of sp³-hybridized carbons (Fsp3) is 1.00. The average molecular weight is 220 g/mol. The zero-order chi connectivity index (χ0) is 8.10. The molecule has 0 aromatic carbocycles. The van der Waals surface area contributed by atoms with Crippen molar-refractivity contribution in [2.45, 2.75) is 26.2 Å². The zero-order valence-electron chi connectivity index (χ0n) is 7.28. The molecule has 0 spiro atoms. The first-order valence-electron chi connectivity index (χ1n) is 4.65. The van der Waals surface area contributed by atoms with Crippen LogP contribution in [0.4, 0.5) is 0 Å². The summed E-state index contributed by atoms with van der Waals surface area (Å²) in [6.45, 7) is 4.78. The Bertz CT molecular complexity index is 104. The van der Waals surface area contributed by atoms with Gasteiger partial charge in [-0.2, -0.15) is 0 Å². The fourth-order valence-electron chi connectivity index (χ4n) is 1.98. The van der Waals surface area contributed by atoms with Crippen molar-refractivity contribution < 1.29 is 0 Å². The van der Waals surface area contributed by atoms with Crippen LogP contribution in [0.1, 0.15) is 26.2 Å². The molecule has 1 nitrogen and oxygen atoms in total. The summed E-state index contributed by atoms with van der Waals surface area (Å²) in [5.74, 6) is 1.90. The topological polar surface area (TPSA) is 12.0 Å². The quantitative estimate of drug-likeness (QED) is 0.720. The minimum atomic E-state index is 0.932. The standard InChI is InChI=1S/C9H18BrN/c1-2-8-7-11-6-4-9(8)3-5-10/h8-9,11H,2-7H2,1H3/t8-,9+/m0/s1. The van der Waals surface area contributed by atoms with E-state index in [9.17, 15) is 0 Å². The van der Waals surface area contributed by atoms with Crippen molar-refractivity contribution in [2.24, 2.45) is 11.8 Å². The molecule has 0 aromatic rings. The van der Waals surface area contributed by atoms with Gasteiger partial charge in [0.15, 0.2) is 0 Å². The van der Waals surface area contributed by atoms with Gasteiger partial charge < -0.3 is 5.32 Å². The highest BCUT2D eigenvalue weighted by Crippen LogP contribution is 2.25. The second kappa shape index (κ2) is 5.15. The van der Waals surface area contributed by atoms with E-state index in [0.717, 1.165) is 11.8 Å². The number of rotatable bonds is 3. The molecular weight excluding hydrogens is 202 g/mol. The van der Waals surface area contributed by atoms with E-state index < -0.39 is 0 Å². The fourth-order valence-corrected chi connectivity index (χ4v) is 2.56. The summed E-state index contributed by atoms with van der Waals surface area (Å²) < 4.78 is 0. The molecule has 0 aromatic heterocycles. The van der Waals surface area contributed by atoms with Gasteiger partial charge in [0, 0.05) is 5.33 Å². The highest BCUT2D eigenvalue weighted by molar-refractivity contribution is 9.09. The molecule has 0 amide bonds. The Morgan fingerprint density at radius 3 is 2.91 bits per heavy atom. The van der Waals surface area contributed by atoms with Crippen LogP contribution in [-0.4, -0.2) is 18.4 Å². The van der Waals surface area contributed by atoms with Gasteiger partial charge in [-0.3, -0.25) is 0 Å². The van der Waals surface area contributed by atoms with Crippen LogP contribution in [0.2, 0.25) is 0 Å². The number of piperidine rings is 1. The second-order valence-corrected chi connectivity index (χ2v) is 4.19. The molecule has 1 N–H and O–H groups in total. The number of halogens is 1. The molecule has 1 saturated heterocycles. The van der Waals surface area contributed by atoms with Crippen molar-refractivity contribution in [3.8, 4) is 0 Å². The number of hydrogen-bond donors (Lipinski definition) is 1. The van der Waals surface area contributed by atoms with E-state index in [4.69, 9.17) is 0 Å². The Balaban J connectivity index is 2.31. The summed E-state index contributed by atoms with van der Waals surface area (Å²) >= 11 is 3.52. The molecular formula is C9H18BrN. The predicted octanol–water partition coefficient (Wildman–Crippen LogP) is 2.41. The van der Waals surface area contributed by atoms with Crippen molar-refractivity contribution >= 4 is 15.9 Å². The molecule has 0 aliphatic carbocycles. The molecule has 0 radical (unpaired) electrons. The van der Waals surface area contributed by atoms with E-state index in [0.29, 0.717) is 0 Å². The van der Waals surface area contributed by atoms with Crippen molar-refractivity contribution in [3.05, 3.63) is 0 Å². The van der Waals surface area contributed by atoms with Gasteiger partial charge >= 0.3 is 0 Å². The van der Waals surface area contributed by atoms with Crippen LogP contribution < -0.4 is 5.32 Å². The normalized spacial score (nSPS) is 32.2. The highest BCUT2D eigenvalue weighted by Gasteiger charge is 2.22. The third-order valence-electron chi connectivity index (χ3n) is 2.77. The number of alkyl halides is 1. The molecule has 1 aliphatic heterocycles. The lowest BCUT2D eigenvalue weighted by molar-refractivity contribution is 0.243. The predicted molar refractivity (Wildman–Crippen MR) is 53.2 cm³/mol. The number of hydrogen-bond acceptors (Lipinski definition) is 1. The molecule has 1 aliphatic rings. The molecule has 0 bridgehead atoms. The molecule has 66 valence electrons. The Kier molecular flexibility index (Phi) is 4.46. The van der Waals surface area contributed by atoms with Crippen LogP contribution in [0, 0.1) is 11.8 Å². The zero-order valence-corrected chi connectivity index (χ0v) is 8.86. The summed E-state index contributed by atoms with van der Waals surface area (Å²) in [4.78, 5) is 0. The van der Waals surface area contributed by atoms with Crippen LogP contribution in [0.3, 0.4) is 0 Å².